The number of aliphatic hydroxyl groups excluding tert-OH is 1. The number of hydrogen-bond acceptors (Lipinski definition) is 4. The summed E-state index contributed by atoms with van der Waals surface area (Å²) in [4.78, 5) is 19.0. The summed E-state index contributed by atoms with van der Waals surface area (Å²) in [7, 11) is 0. The van der Waals surface area contributed by atoms with Crippen LogP contribution in [0.25, 0.3) is 0 Å². The van der Waals surface area contributed by atoms with Gasteiger partial charge in [-0.25, -0.2) is 4.98 Å². The van der Waals surface area contributed by atoms with Gasteiger partial charge in [-0.3, -0.25) is 4.79 Å². The summed E-state index contributed by atoms with van der Waals surface area (Å²) in [6.07, 6.45) is 2.70. The molecule has 1 N–H and O–H groups in total. The molecule has 128 valence electrons. The highest BCUT2D eigenvalue weighted by molar-refractivity contribution is 7.09. The highest BCUT2D eigenvalue weighted by Crippen LogP contribution is 2.21. The van der Waals surface area contributed by atoms with Crippen LogP contribution in [-0.4, -0.2) is 40.1 Å². The Morgan fingerprint density at radius 3 is 2.71 bits per heavy atom. The Hall–Kier alpha value is -1.72. The van der Waals surface area contributed by atoms with Gasteiger partial charge in [-0.05, 0) is 31.2 Å². The van der Waals surface area contributed by atoms with E-state index in [1.54, 1.807) is 11.3 Å². The smallest absolute Gasteiger partial charge is 0.228 e. The summed E-state index contributed by atoms with van der Waals surface area (Å²) in [6, 6.07) is 10.3. The number of rotatable bonds is 5. The molecule has 1 atom stereocenters. The average Bonchev–Trinajstić information content (AvgIpc) is 3.02. The monoisotopic (exact) mass is 344 g/mol. The molecule has 1 saturated heterocycles. The van der Waals surface area contributed by atoms with E-state index in [9.17, 15) is 9.90 Å². The Morgan fingerprint density at radius 2 is 2.04 bits per heavy atom. The zero-order chi connectivity index (χ0) is 16.9. The number of aromatic nitrogens is 1. The third kappa shape index (κ3) is 4.42. The Bertz CT molecular complexity index is 661. The molecule has 5 heteroatoms. The summed E-state index contributed by atoms with van der Waals surface area (Å²) in [5.74, 6) is 0.474. The van der Waals surface area contributed by atoms with E-state index < -0.39 is 0 Å². The molecule has 1 aromatic carbocycles. The van der Waals surface area contributed by atoms with E-state index in [4.69, 9.17) is 0 Å². The molecule has 1 amide bonds. The van der Waals surface area contributed by atoms with Crippen LogP contribution in [0.15, 0.2) is 35.7 Å². The van der Waals surface area contributed by atoms with Crippen LogP contribution in [0.3, 0.4) is 0 Å². The zero-order valence-electron chi connectivity index (χ0n) is 14.0. The van der Waals surface area contributed by atoms with Crippen LogP contribution in [0.5, 0.6) is 0 Å². The predicted molar refractivity (Wildman–Crippen MR) is 96.1 cm³/mol. The third-order valence-electron chi connectivity index (χ3n) is 4.70. The topological polar surface area (TPSA) is 53.4 Å². The second-order valence-electron chi connectivity index (χ2n) is 6.53. The van der Waals surface area contributed by atoms with Gasteiger partial charge in [0.25, 0.3) is 0 Å². The molecule has 0 spiro atoms. The summed E-state index contributed by atoms with van der Waals surface area (Å²) >= 11 is 1.62. The molecule has 1 aromatic heterocycles. The molecule has 0 aliphatic carbocycles. The number of likely N-dealkylation sites (tertiary alicyclic amines) is 1. The largest absolute Gasteiger partial charge is 0.393 e. The summed E-state index contributed by atoms with van der Waals surface area (Å²) < 4.78 is 0. The Labute approximate surface area is 147 Å². The first-order valence-electron chi connectivity index (χ1n) is 8.55. The first kappa shape index (κ1) is 17.1. The van der Waals surface area contributed by atoms with Gasteiger partial charge in [-0.2, -0.15) is 0 Å². The van der Waals surface area contributed by atoms with Crippen molar-refractivity contribution in [1.82, 2.24) is 9.88 Å². The van der Waals surface area contributed by atoms with Crippen LogP contribution < -0.4 is 0 Å². The number of amides is 1. The van der Waals surface area contributed by atoms with E-state index >= 15 is 0 Å². The fourth-order valence-electron chi connectivity index (χ4n) is 3.18. The van der Waals surface area contributed by atoms with E-state index in [1.165, 1.54) is 5.56 Å². The number of hydrogen-bond donors (Lipinski definition) is 1. The van der Waals surface area contributed by atoms with Crippen LogP contribution in [0, 0.1) is 5.92 Å². The molecule has 1 fully saturated rings. The molecule has 0 saturated carbocycles. The molecule has 0 bridgehead atoms. The van der Waals surface area contributed by atoms with Gasteiger partial charge in [0.15, 0.2) is 0 Å². The van der Waals surface area contributed by atoms with Crippen molar-refractivity contribution in [2.45, 2.75) is 38.7 Å². The number of carbonyl (C=O) groups excluding carboxylic acids is 1. The molecule has 1 aliphatic rings. The molecule has 0 radical (unpaired) electrons. The van der Waals surface area contributed by atoms with Crippen LogP contribution >= 0.6 is 11.3 Å². The van der Waals surface area contributed by atoms with Crippen LogP contribution in [-0.2, 0) is 17.6 Å². The molecule has 2 heterocycles. The van der Waals surface area contributed by atoms with Crippen molar-refractivity contribution in [1.29, 1.82) is 0 Å². The Kier molecular flexibility index (Phi) is 5.63. The molecule has 1 aliphatic heterocycles. The summed E-state index contributed by atoms with van der Waals surface area (Å²) in [5, 5.41) is 12.7. The lowest BCUT2D eigenvalue weighted by atomic mass is 9.92. The van der Waals surface area contributed by atoms with Gasteiger partial charge >= 0.3 is 0 Å². The lowest BCUT2D eigenvalue weighted by molar-refractivity contribution is -0.132. The van der Waals surface area contributed by atoms with E-state index in [-0.39, 0.29) is 12.0 Å². The number of nitrogens with zero attached hydrogens (tertiary/aromatic N) is 2. The average molecular weight is 344 g/mol. The minimum Gasteiger partial charge on any atom is -0.393 e. The van der Waals surface area contributed by atoms with Crippen molar-refractivity contribution in [3.8, 4) is 0 Å². The van der Waals surface area contributed by atoms with E-state index in [0.29, 0.717) is 12.3 Å². The normalized spacial score (nSPS) is 17.0. The van der Waals surface area contributed by atoms with Gasteiger partial charge in [0.2, 0.25) is 5.91 Å². The second-order valence-corrected chi connectivity index (χ2v) is 7.47. The zero-order valence-corrected chi connectivity index (χ0v) is 14.8. The molecule has 3 rings (SSSR count). The van der Waals surface area contributed by atoms with Crippen LogP contribution in [0.4, 0.5) is 0 Å². The van der Waals surface area contributed by atoms with Crippen molar-refractivity contribution in [2.75, 3.05) is 13.1 Å². The molecule has 1 unspecified atom stereocenters. The molecule has 2 aromatic rings. The van der Waals surface area contributed by atoms with Gasteiger partial charge in [-0.15, -0.1) is 11.3 Å². The second kappa shape index (κ2) is 7.90. The molecule has 24 heavy (non-hydrogen) atoms. The van der Waals surface area contributed by atoms with Crippen molar-refractivity contribution < 1.29 is 9.90 Å². The van der Waals surface area contributed by atoms with E-state index in [2.05, 4.69) is 17.1 Å². The van der Waals surface area contributed by atoms with Crippen molar-refractivity contribution >= 4 is 17.2 Å². The lowest BCUT2D eigenvalue weighted by Crippen LogP contribution is -2.41. The maximum absolute atomic E-state index is 12.4. The minimum atomic E-state index is -0.277. The van der Waals surface area contributed by atoms with E-state index in [0.717, 1.165) is 43.1 Å². The number of piperidine rings is 1. The quantitative estimate of drug-likeness (QED) is 0.907. The highest BCUT2D eigenvalue weighted by Gasteiger charge is 2.25. The molecular formula is C19H24N2O2S. The maximum atomic E-state index is 12.4. The fraction of sp³-hybridized carbons (Fsp3) is 0.474. The highest BCUT2D eigenvalue weighted by atomic mass is 32.1. The van der Waals surface area contributed by atoms with Gasteiger partial charge in [0.1, 0.15) is 0 Å². The Morgan fingerprint density at radius 1 is 1.33 bits per heavy atom. The SMILES string of the molecule is CC(O)C1CCN(C(=O)Cc2csc(Cc3ccccc3)n2)CC1. The van der Waals surface area contributed by atoms with Crippen molar-refractivity contribution in [3.05, 3.63) is 52.0 Å². The van der Waals surface area contributed by atoms with E-state index in [1.807, 2.05) is 35.4 Å². The maximum Gasteiger partial charge on any atom is 0.228 e. The first-order chi connectivity index (χ1) is 11.6. The van der Waals surface area contributed by atoms with Crippen molar-refractivity contribution in [2.24, 2.45) is 5.92 Å². The number of benzene rings is 1. The molecular weight excluding hydrogens is 320 g/mol. The van der Waals surface area contributed by atoms with Gasteiger partial charge in [-0.1, -0.05) is 30.3 Å². The van der Waals surface area contributed by atoms with Crippen molar-refractivity contribution in [3.63, 3.8) is 0 Å². The third-order valence-corrected chi connectivity index (χ3v) is 5.60. The van der Waals surface area contributed by atoms with Crippen LogP contribution in [0.1, 0.15) is 36.0 Å². The fourth-order valence-corrected chi connectivity index (χ4v) is 4.01. The number of thiazole rings is 1. The van der Waals surface area contributed by atoms with Gasteiger partial charge in [0, 0.05) is 24.9 Å². The summed E-state index contributed by atoms with van der Waals surface area (Å²) in [6.45, 7) is 3.33. The lowest BCUT2D eigenvalue weighted by Gasteiger charge is -2.33. The van der Waals surface area contributed by atoms with Gasteiger partial charge in [0.05, 0.1) is 23.2 Å². The first-order valence-corrected chi connectivity index (χ1v) is 9.43. The predicted octanol–water partition coefficient (Wildman–Crippen LogP) is 2.90. The molecule has 4 nitrogen and oxygen atoms in total. The standard InChI is InChI=1S/C19H24N2O2S/c1-14(22)16-7-9-21(10-8-16)19(23)12-17-13-24-18(20-17)11-15-5-3-2-4-6-15/h2-6,13-14,16,22H,7-12H2,1H3. The minimum absolute atomic E-state index is 0.149. The van der Waals surface area contributed by atoms with Gasteiger partial charge < -0.3 is 10.0 Å². The number of carbonyl (C=O) groups is 1. The number of aliphatic hydroxyl groups is 1. The summed E-state index contributed by atoms with van der Waals surface area (Å²) in [5.41, 5.74) is 2.11. The Balaban J connectivity index is 1.52. The van der Waals surface area contributed by atoms with Crippen LogP contribution in [0.2, 0.25) is 0 Å².